The van der Waals surface area contributed by atoms with Gasteiger partial charge in [-0.3, -0.25) is 5.32 Å². The van der Waals surface area contributed by atoms with Gasteiger partial charge in [0.05, 0.1) is 10.6 Å². The summed E-state index contributed by atoms with van der Waals surface area (Å²) in [5.74, 6) is 6.72. The molecule has 0 amide bonds. The average Bonchev–Trinajstić information content (AvgIpc) is 2.65. The molecule has 4 nitrogen and oxygen atoms in total. The van der Waals surface area contributed by atoms with Crippen LogP contribution in [0.15, 0.2) is 48.5 Å². The predicted octanol–water partition coefficient (Wildman–Crippen LogP) is 3.57. The maximum atomic E-state index is 10.2. The highest BCUT2D eigenvalue weighted by molar-refractivity contribution is 6.31. The number of aliphatic hydroxyl groups excluding tert-OH is 1. The summed E-state index contributed by atoms with van der Waals surface area (Å²) in [5.41, 5.74) is 0.999. The summed E-state index contributed by atoms with van der Waals surface area (Å²) in [6.45, 7) is 4.29. The molecule has 2 aromatic rings. The van der Waals surface area contributed by atoms with Gasteiger partial charge in [-0.2, -0.15) is 5.26 Å². The SMILES string of the molecule is CC(C)(C#CCc1ccccc1)NCC(O)COc1cccc(Cl)c1C#N. The summed E-state index contributed by atoms with van der Waals surface area (Å²) in [5, 5.41) is 22.9. The van der Waals surface area contributed by atoms with Crippen molar-refractivity contribution < 1.29 is 9.84 Å². The van der Waals surface area contributed by atoms with Crippen molar-refractivity contribution >= 4 is 11.6 Å². The molecule has 27 heavy (non-hydrogen) atoms. The third kappa shape index (κ3) is 6.96. The lowest BCUT2D eigenvalue weighted by molar-refractivity contribution is 0.102. The first-order valence-electron chi connectivity index (χ1n) is 8.70. The lowest BCUT2D eigenvalue weighted by atomic mass is 10.0. The Balaban J connectivity index is 1.82. The fraction of sp³-hybridized carbons (Fsp3) is 0.318. The van der Waals surface area contributed by atoms with Gasteiger partial charge in [0.2, 0.25) is 0 Å². The van der Waals surface area contributed by atoms with Crippen molar-refractivity contribution in [1.29, 1.82) is 5.26 Å². The minimum atomic E-state index is -0.745. The summed E-state index contributed by atoms with van der Waals surface area (Å²) in [7, 11) is 0. The van der Waals surface area contributed by atoms with Gasteiger partial charge in [0.25, 0.3) is 0 Å². The molecule has 0 bridgehead atoms. The fourth-order valence-electron chi connectivity index (χ4n) is 2.36. The molecule has 0 aromatic heterocycles. The van der Waals surface area contributed by atoms with Crippen molar-refractivity contribution in [3.05, 3.63) is 64.7 Å². The first-order valence-corrected chi connectivity index (χ1v) is 9.07. The molecule has 0 radical (unpaired) electrons. The quantitative estimate of drug-likeness (QED) is 0.718. The van der Waals surface area contributed by atoms with Gasteiger partial charge in [-0.05, 0) is 31.5 Å². The number of benzene rings is 2. The molecule has 2 rings (SSSR count). The Bertz CT molecular complexity index is 848. The van der Waals surface area contributed by atoms with Crippen LogP contribution in [0.3, 0.4) is 0 Å². The molecule has 1 unspecified atom stereocenters. The number of rotatable bonds is 7. The van der Waals surface area contributed by atoms with Gasteiger partial charge >= 0.3 is 0 Å². The zero-order chi connectivity index (χ0) is 19.7. The lowest BCUT2D eigenvalue weighted by Crippen LogP contribution is -2.43. The van der Waals surface area contributed by atoms with E-state index in [2.05, 4.69) is 17.2 Å². The van der Waals surface area contributed by atoms with E-state index >= 15 is 0 Å². The van der Waals surface area contributed by atoms with Crippen LogP contribution in [0.1, 0.15) is 25.0 Å². The van der Waals surface area contributed by atoms with Crippen molar-refractivity contribution in [3.63, 3.8) is 0 Å². The van der Waals surface area contributed by atoms with E-state index < -0.39 is 11.6 Å². The molecule has 0 saturated heterocycles. The molecule has 0 saturated carbocycles. The molecular formula is C22H23ClN2O2. The van der Waals surface area contributed by atoms with Crippen molar-refractivity contribution in [2.75, 3.05) is 13.2 Å². The van der Waals surface area contributed by atoms with Crippen LogP contribution in [0.25, 0.3) is 0 Å². The molecule has 5 heteroatoms. The molecular weight excluding hydrogens is 360 g/mol. The second-order valence-corrected chi connectivity index (χ2v) is 7.07. The van der Waals surface area contributed by atoms with E-state index in [4.69, 9.17) is 21.6 Å². The van der Waals surface area contributed by atoms with Crippen LogP contribution in [0.5, 0.6) is 5.75 Å². The van der Waals surface area contributed by atoms with E-state index in [1.807, 2.05) is 50.2 Å². The number of nitrogens with zero attached hydrogens (tertiary/aromatic N) is 1. The van der Waals surface area contributed by atoms with Crippen LogP contribution < -0.4 is 10.1 Å². The Hall–Kier alpha value is -2.50. The minimum Gasteiger partial charge on any atom is -0.489 e. The van der Waals surface area contributed by atoms with E-state index in [0.29, 0.717) is 23.7 Å². The Morgan fingerprint density at radius 1 is 1.19 bits per heavy atom. The third-order valence-electron chi connectivity index (χ3n) is 3.83. The molecule has 0 heterocycles. The summed E-state index contributed by atoms with van der Waals surface area (Å²) in [6.07, 6.45) is -0.0609. The fourth-order valence-corrected chi connectivity index (χ4v) is 2.57. The summed E-state index contributed by atoms with van der Waals surface area (Å²) in [4.78, 5) is 0. The molecule has 0 aliphatic heterocycles. The Labute approximate surface area is 165 Å². The van der Waals surface area contributed by atoms with Gasteiger partial charge in [0.15, 0.2) is 0 Å². The van der Waals surface area contributed by atoms with E-state index in [9.17, 15) is 5.11 Å². The van der Waals surface area contributed by atoms with Gasteiger partial charge in [0, 0.05) is 13.0 Å². The summed E-state index contributed by atoms with van der Waals surface area (Å²) in [6, 6.07) is 17.1. The Morgan fingerprint density at radius 3 is 2.63 bits per heavy atom. The topological polar surface area (TPSA) is 65.3 Å². The van der Waals surface area contributed by atoms with Crippen molar-refractivity contribution in [2.24, 2.45) is 0 Å². The number of nitrogens with one attached hydrogen (secondary N) is 1. The van der Waals surface area contributed by atoms with Gasteiger partial charge < -0.3 is 9.84 Å². The molecule has 0 aliphatic carbocycles. The smallest absolute Gasteiger partial charge is 0.138 e. The summed E-state index contributed by atoms with van der Waals surface area (Å²) >= 11 is 5.97. The summed E-state index contributed by atoms with van der Waals surface area (Å²) < 4.78 is 5.54. The lowest BCUT2D eigenvalue weighted by Gasteiger charge is -2.22. The average molecular weight is 383 g/mol. The van der Waals surface area contributed by atoms with E-state index in [-0.39, 0.29) is 12.2 Å². The standard InChI is InChI=1S/C22H23ClN2O2/c1-22(2,13-7-10-17-8-4-3-5-9-17)25-15-18(26)16-27-21-12-6-11-20(23)19(21)14-24/h3-6,8-9,11-12,18,25-26H,10,15-16H2,1-2H3. The highest BCUT2D eigenvalue weighted by Gasteiger charge is 2.16. The van der Waals surface area contributed by atoms with Gasteiger partial charge in [0.1, 0.15) is 30.1 Å². The van der Waals surface area contributed by atoms with Gasteiger partial charge in [-0.1, -0.05) is 59.8 Å². The number of ether oxygens (including phenoxy) is 1. The number of aliphatic hydroxyl groups is 1. The van der Waals surface area contributed by atoms with Crippen molar-refractivity contribution in [1.82, 2.24) is 5.32 Å². The van der Waals surface area contributed by atoms with Crippen LogP contribution in [0.4, 0.5) is 0 Å². The number of nitriles is 1. The molecule has 1 atom stereocenters. The van der Waals surface area contributed by atoms with Gasteiger partial charge in [-0.15, -0.1) is 0 Å². The monoisotopic (exact) mass is 382 g/mol. The number of hydrogen-bond donors (Lipinski definition) is 2. The van der Waals surface area contributed by atoms with Gasteiger partial charge in [-0.25, -0.2) is 0 Å². The molecule has 2 N–H and O–H groups in total. The normalized spacial score (nSPS) is 11.8. The van der Waals surface area contributed by atoms with Crippen LogP contribution in [0.2, 0.25) is 5.02 Å². The van der Waals surface area contributed by atoms with Crippen molar-refractivity contribution in [2.45, 2.75) is 31.9 Å². The first-order chi connectivity index (χ1) is 12.9. The van der Waals surface area contributed by atoms with Crippen LogP contribution in [0, 0.1) is 23.2 Å². The maximum Gasteiger partial charge on any atom is 0.138 e. The second-order valence-electron chi connectivity index (χ2n) is 6.66. The Kier molecular flexibility index (Phi) is 7.70. The molecule has 140 valence electrons. The van der Waals surface area contributed by atoms with Crippen LogP contribution in [-0.2, 0) is 6.42 Å². The number of β-amino-alcohol motifs (C(OH)–C–C–N with tert-alkyl or cyclic N) is 1. The van der Waals surface area contributed by atoms with E-state index in [0.717, 1.165) is 0 Å². The number of halogens is 1. The highest BCUT2D eigenvalue weighted by atomic mass is 35.5. The zero-order valence-electron chi connectivity index (χ0n) is 15.5. The van der Waals surface area contributed by atoms with Crippen LogP contribution in [-0.4, -0.2) is 29.9 Å². The highest BCUT2D eigenvalue weighted by Crippen LogP contribution is 2.25. The largest absolute Gasteiger partial charge is 0.489 e. The molecule has 0 aliphatic rings. The predicted molar refractivity (Wildman–Crippen MR) is 108 cm³/mol. The maximum absolute atomic E-state index is 10.2. The number of hydrogen-bond acceptors (Lipinski definition) is 4. The third-order valence-corrected chi connectivity index (χ3v) is 4.15. The van der Waals surface area contributed by atoms with E-state index in [1.165, 1.54) is 5.56 Å². The molecule has 2 aromatic carbocycles. The van der Waals surface area contributed by atoms with Crippen molar-refractivity contribution in [3.8, 4) is 23.7 Å². The Morgan fingerprint density at radius 2 is 1.93 bits per heavy atom. The van der Waals surface area contributed by atoms with Crippen LogP contribution >= 0.6 is 11.6 Å². The molecule has 0 fully saturated rings. The second kappa shape index (κ2) is 10.00. The zero-order valence-corrected chi connectivity index (χ0v) is 16.3. The first kappa shape index (κ1) is 20.8. The van der Waals surface area contributed by atoms with E-state index in [1.54, 1.807) is 18.2 Å². The molecule has 0 spiro atoms. The minimum absolute atomic E-state index is 0.0511.